The Kier molecular flexibility index (Phi) is 9.36. The molecule has 0 atom stereocenters. The topological polar surface area (TPSA) is 132 Å². The number of carbonyl (C=O) groups is 3. The number of amides is 2. The van der Waals surface area contributed by atoms with Crippen LogP contribution in [0.5, 0.6) is 0 Å². The van der Waals surface area contributed by atoms with Crippen LogP contribution in [0.2, 0.25) is 0 Å². The Morgan fingerprint density at radius 2 is 1.74 bits per heavy atom. The van der Waals surface area contributed by atoms with E-state index in [0.717, 1.165) is 24.6 Å². The Bertz CT molecular complexity index is 1120. The molecule has 1 fully saturated rings. The summed E-state index contributed by atoms with van der Waals surface area (Å²) in [6.45, 7) is 2.33. The first-order valence-corrected chi connectivity index (χ1v) is 13.3. The molecule has 1 heterocycles. The summed E-state index contributed by atoms with van der Waals surface area (Å²) >= 11 is 0. The third-order valence-electron chi connectivity index (χ3n) is 5.91. The minimum atomic E-state index is -4.10. The van der Waals surface area contributed by atoms with Gasteiger partial charge in [-0.2, -0.15) is 0 Å². The summed E-state index contributed by atoms with van der Waals surface area (Å²) < 4.78 is 32.0. The van der Waals surface area contributed by atoms with Gasteiger partial charge in [0.15, 0.2) is 0 Å². The van der Waals surface area contributed by atoms with Crippen molar-refractivity contribution >= 4 is 27.8 Å². The second kappa shape index (κ2) is 12.4. The van der Waals surface area contributed by atoms with E-state index >= 15 is 0 Å². The van der Waals surface area contributed by atoms with Crippen molar-refractivity contribution in [2.75, 3.05) is 13.2 Å². The molecule has 3 rings (SSSR count). The van der Waals surface area contributed by atoms with Crippen molar-refractivity contribution in [1.82, 2.24) is 15.0 Å². The summed E-state index contributed by atoms with van der Waals surface area (Å²) in [5.41, 5.74) is 0.876. The number of rotatable bonds is 10. The van der Waals surface area contributed by atoms with Crippen LogP contribution >= 0.6 is 0 Å². The molecular formula is C25H31N3O6S. The lowest BCUT2D eigenvalue weighted by Crippen LogP contribution is -2.30. The minimum absolute atomic E-state index is 0.0118. The largest absolute Gasteiger partial charge is 0.461 e. The second-order valence-corrected chi connectivity index (χ2v) is 10.2. The number of aromatic nitrogens is 1. The first-order chi connectivity index (χ1) is 16.8. The van der Waals surface area contributed by atoms with Crippen molar-refractivity contribution in [2.24, 2.45) is 5.92 Å². The molecule has 35 heavy (non-hydrogen) atoms. The van der Waals surface area contributed by atoms with E-state index in [0.29, 0.717) is 25.3 Å². The maximum absolute atomic E-state index is 12.6. The lowest BCUT2D eigenvalue weighted by Gasteiger charge is -2.20. The predicted octanol–water partition coefficient (Wildman–Crippen LogP) is 3.01. The summed E-state index contributed by atoms with van der Waals surface area (Å²) in [4.78, 5) is 39.9. The molecule has 1 aromatic carbocycles. The highest BCUT2D eigenvalue weighted by molar-refractivity contribution is 7.90. The summed E-state index contributed by atoms with van der Waals surface area (Å²) in [7, 11) is -4.10. The van der Waals surface area contributed by atoms with Crippen LogP contribution in [0.15, 0.2) is 47.5 Å². The predicted molar refractivity (Wildman–Crippen MR) is 129 cm³/mol. The van der Waals surface area contributed by atoms with Gasteiger partial charge in [-0.15, -0.1) is 0 Å². The molecule has 1 aliphatic carbocycles. The Morgan fingerprint density at radius 1 is 1.03 bits per heavy atom. The van der Waals surface area contributed by atoms with E-state index in [1.807, 2.05) is 4.72 Å². The van der Waals surface area contributed by atoms with E-state index in [-0.39, 0.29) is 28.7 Å². The Balaban J connectivity index is 1.49. The van der Waals surface area contributed by atoms with Crippen LogP contribution in [0.3, 0.4) is 0 Å². The fourth-order valence-corrected chi connectivity index (χ4v) is 4.98. The number of esters is 1. The summed E-state index contributed by atoms with van der Waals surface area (Å²) in [6.07, 6.45) is 8.15. The number of nitrogens with zero attached hydrogens (tertiary/aromatic N) is 1. The number of hydrogen-bond acceptors (Lipinski definition) is 7. The monoisotopic (exact) mass is 501 g/mol. The van der Waals surface area contributed by atoms with Gasteiger partial charge in [-0.05, 0) is 61.9 Å². The quantitative estimate of drug-likeness (QED) is 0.478. The van der Waals surface area contributed by atoms with Gasteiger partial charge in [0.05, 0.1) is 17.1 Å². The number of sulfonamides is 1. The summed E-state index contributed by atoms with van der Waals surface area (Å²) in [5, 5.41) is 2.94. The van der Waals surface area contributed by atoms with Crippen molar-refractivity contribution in [2.45, 2.75) is 56.8 Å². The molecule has 0 bridgehead atoms. The molecule has 2 amide bonds. The summed E-state index contributed by atoms with van der Waals surface area (Å²) in [6, 6.07) is 8.73. The zero-order chi connectivity index (χ0) is 25.3. The van der Waals surface area contributed by atoms with Crippen LogP contribution in [-0.4, -0.2) is 44.3 Å². The Morgan fingerprint density at radius 3 is 2.37 bits per heavy atom. The zero-order valence-corrected chi connectivity index (χ0v) is 20.6. The van der Waals surface area contributed by atoms with E-state index in [9.17, 15) is 22.8 Å². The third kappa shape index (κ3) is 7.88. The normalized spacial score (nSPS) is 14.2. The number of carbonyl (C=O) groups excluding carboxylic acids is 3. The molecule has 2 N–H and O–H groups in total. The van der Waals surface area contributed by atoms with Crippen LogP contribution in [-0.2, 0) is 26.0 Å². The molecule has 10 heteroatoms. The molecule has 1 aliphatic rings. The van der Waals surface area contributed by atoms with E-state index < -0.39 is 21.9 Å². The standard InChI is InChI=1S/C25H31N3O6S/c1-2-34-25(31)22-13-10-20(17-27-22)24(30)28-35(32,33)21-11-8-18(9-12-21)14-15-26-23(29)16-19-6-4-3-5-7-19/h8-13,17,19H,2-7,14-16H2,1H3,(H,26,29)(H,28,30). The molecule has 0 radical (unpaired) electrons. The number of ether oxygens (including phenoxy) is 1. The maximum atomic E-state index is 12.6. The smallest absolute Gasteiger partial charge is 0.356 e. The minimum Gasteiger partial charge on any atom is -0.461 e. The average molecular weight is 502 g/mol. The van der Waals surface area contributed by atoms with E-state index in [4.69, 9.17) is 4.74 Å². The maximum Gasteiger partial charge on any atom is 0.356 e. The van der Waals surface area contributed by atoms with Crippen LogP contribution in [0.4, 0.5) is 0 Å². The van der Waals surface area contributed by atoms with Gasteiger partial charge in [0.1, 0.15) is 5.69 Å². The van der Waals surface area contributed by atoms with Crippen molar-refractivity contribution < 1.29 is 27.5 Å². The van der Waals surface area contributed by atoms with Crippen LogP contribution in [0.25, 0.3) is 0 Å². The first-order valence-electron chi connectivity index (χ1n) is 11.8. The molecular weight excluding hydrogens is 470 g/mol. The van der Waals surface area contributed by atoms with Gasteiger partial charge in [0.2, 0.25) is 5.91 Å². The molecule has 9 nitrogen and oxygen atoms in total. The first kappa shape index (κ1) is 26.3. The highest BCUT2D eigenvalue weighted by atomic mass is 32.2. The number of pyridine rings is 1. The van der Waals surface area contributed by atoms with E-state index in [1.54, 1.807) is 19.1 Å². The number of benzene rings is 1. The number of hydrogen-bond donors (Lipinski definition) is 2. The van der Waals surface area contributed by atoms with Crippen molar-refractivity contribution in [3.8, 4) is 0 Å². The molecule has 0 unspecified atom stereocenters. The van der Waals surface area contributed by atoms with Gasteiger partial charge in [-0.1, -0.05) is 31.4 Å². The molecule has 188 valence electrons. The van der Waals surface area contributed by atoms with Gasteiger partial charge >= 0.3 is 5.97 Å². The lowest BCUT2D eigenvalue weighted by atomic mass is 9.87. The van der Waals surface area contributed by atoms with Gasteiger partial charge in [0, 0.05) is 19.2 Å². The average Bonchev–Trinajstić information content (AvgIpc) is 2.85. The SMILES string of the molecule is CCOC(=O)c1ccc(C(=O)NS(=O)(=O)c2ccc(CCNC(=O)CC3CCCCC3)cc2)cn1. The van der Waals surface area contributed by atoms with Crippen LogP contribution in [0.1, 0.15) is 71.9 Å². The van der Waals surface area contributed by atoms with Gasteiger partial charge in [-0.25, -0.2) is 22.9 Å². The van der Waals surface area contributed by atoms with Crippen molar-refractivity contribution in [3.63, 3.8) is 0 Å². The summed E-state index contributed by atoms with van der Waals surface area (Å²) in [5.74, 6) is -0.952. The van der Waals surface area contributed by atoms with Crippen molar-refractivity contribution in [1.29, 1.82) is 0 Å². The highest BCUT2D eigenvalue weighted by Gasteiger charge is 2.20. The van der Waals surface area contributed by atoms with Crippen molar-refractivity contribution in [3.05, 3.63) is 59.4 Å². The van der Waals surface area contributed by atoms with Crippen LogP contribution < -0.4 is 10.0 Å². The van der Waals surface area contributed by atoms with Gasteiger partial charge in [-0.3, -0.25) is 9.59 Å². The number of nitrogens with one attached hydrogen (secondary N) is 2. The van der Waals surface area contributed by atoms with E-state index in [2.05, 4.69) is 10.3 Å². The molecule has 0 aliphatic heterocycles. The fraction of sp³-hybridized carbons (Fsp3) is 0.440. The molecule has 1 aromatic heterocycles. The molecule has 0 spiro atoms. The van der Waals surface area contributed by atoms with Gasteiger partial charge in [0.25, 0.3) is 15.9 Å². The fourth-order valence-electron chi connectivity index (χ4n) is 4.00. The molecule has 0 saturated heterocycles. The van der Waals surface area contributed by atoms with Gasteiger partial charge < -0.3 is 10.1 Å². The van der Waals surface area contributed by atoms with E-state index in [1.165, 1.54) is 43.5 Å². The Hall–Kier alpha value is -3.27. The van der Waals surface area contributed by atoms with Crippen LogP contribution in [0, 0.1) is 5.92 Å². The third-order valence-corrected chi connectivity index (χ3v) is 7.25. The molecule has 1 saturated carbocycles. The lowest BCUT2D eigenvalue weighted by molar-refractivity contribution is -0.122. The zero-order valence-electron chi connectivity index (χ0n) is 19.8. The highest BCUT2D eigenvalue weighted by Crippen LogP contribution is 2.26. The Labute approximate surface area is 205 Å². The second-order valence-electron chi connectivity index (χ2n) is 8.54. The molecule has 2 aromatic rings.